The van der Waals surface area contributed by atoms with Crippen molar-refractivity contribution in [3.8, 4) is 0 Å². The number of hydrogen-bond acceptors (Lipinski definition) is 5. The smallest absolute Gasteiger partial charge is 0.269 e. The molecule has 5 rings (SSSR count). The van der Waals surface area contributed by atoms with E-state index in [2.05, 4.69) is 20.8 Å². The van der Waals surface area contributed by atoms with E-state index >= 15 is 0 Å². The van der Waals surface area contributed by atoms with Crippen LogP contribution in [-0.2, 0) is 16.0 Å². The van der Waals surface area contributed by atoms with E-state index < -0.39 is 27.7 Å². The molecule has 0 spiro atoms. The molecule has 1 aliphatic heterocycles. The first kappa shape index (κ1) is 29.4. The molecule has 2 aliphatic rings. The van der Waals surface area contributed by atoms with Gasteiger partial charge in [0.05, 0.1) is 16.3 Å². The molecule has 1 saturated carbocycles. The van der Waals surface area contributed by atoms with Gasteiger partial charge in [0.15, 0.2) is 5.78 Å². The van der Waals surface area contributed by atoms with Gasteiger partial charge in [-0.15, -0.1) is 0 Å². The number of carbonyl (C=O) groups is 3. The van der Waals surface area contributed by atoms with Gasteiger partial charge >= 0.3 is 0 Å². The molecule has 0 radical (unpaired) electrons. The maximum Gasteiger partial charge on any atom is 0.269 e. The van der Waals surface area contributed by atoms with Gasteiger partial charge in [-0.25, -0.2) is 0 Å². The molecule has 0 unspecified atom stereocenters. The van der Waals surface area contributed by atoms with Crippen molar-refractivity contribution in [2.75, 3.05) is 0 Å². The summed E-state index contributed by atoms with van der Waals surface area (Å²) in [5.74, 6) is -2.57. The molecule has 7 nitrogen and oxygen atoms in total. The van der Waals surface area contributed by atoms with Crippen molar-refractivity contribution in [1.29, 1.82) is 0 Å². The van der Waals surface area contributed by atoms with E-state index in [0.717, 1.165) is 5.56 Å². The average Bonchev–Trinajstić information content (AvgIpc) is 3.37. The van der Waals surface area contributed by atoms with Gasteiger partial charge in [0.25, 0.3) is 5.69 Å². The highest BCUT2D eigenvalue weighted by molar-refractivity contribution is 6.13. The highest BCUT2D eigenvalue weighted by atomic mass is 16.6. The topological polar surface area (TPSA) is 97.6 Å². The highest BCUT2D eigenvalue weighted by Crippen LogP contribution is 2.63. The summed E-state index contributed by atoms with van der Waals surface area (Å²) in [4.78, 5) is 56.4. The van der Waals surface area contributed by atoms with Gasteiger partial charge in [0.1, 0.15) is 0 Å². The predicted molar refractivity (Wildman–Crippen MR) is 161 cm³/mol. The normalized spacial score (nSPS) is 24.1. The van der Waals surface area contributed by atoms with E-state index in [1.807, 2.05) is 50.2 Å². The Kier molecular flexibility index (Phi) is 7.42. The number of amides is 2. The van der Waals surface area contributed by atoms with Gasteiger partial charge in [-0.1, -0.05) is 93.6 Å². The second-order valence-electron chi connectivity index (χ2n) is 13.7. The van der Waals surface area contributed by atoms with Gasteiger partial charge in [-0.2, -0.15) is 0 Å². The molecule has 1 saturated heterocycles. The highest BCUT2D eigenvalue weighted by Gasteiger charge is 2.71. The first-order valence-electron chi connectivity index (χ1n) is 14.5. The predicted octanol–water partition coefficient (Wildman–Crippen LogP) is 7.01. The molecule has 0 aromatic heterocycles. The molecule has 1 heterocycles. The summed E-state index contributed by atoms with van der Waals surface area (Å²) in [6.45, 7) is 10.1. The molecule has 2 fully saturated rings. The molecule has 218 valence electrons. The Labute approximate surface area is 247 Å². The number of likely N-dealkylation sites (tertiary alicyclic amines) is 1. The lowest BCUT2D eigenvalue weighted by molar-refractivity contribution is -0.384. The molecule has 2 amide bonds. The minimum Gasteiger partial charge on any atom is -0.294 e. The molecular weight excluding hydrogens is 528 g/mol. The maximum atomic E-state index is 15.0. The summed E-state index contributed by atoms with van der Waals surface area (Å²) in [5, 5.41) is 11.4. The van der Waals surface area contributed by atoms with Crippen LogP contribution in [0.15, 0.2) is 84.9 Å². The van der Waals surface area contributed by atoms with Crippen LogP contribution in [0.3, 0.4) is 0 Å². The summed E-state index contributed by atoms with van der Waals surface area (Å²) in [5.41, 5.74) is -0.219. The lowest BCUT2D eigenvalue weighted by Gasteiger charge is -2.41. The Bertz CT molecular complexity index is 1510. The van der Waals surface area contributed by atoms with Gasteiger partial charge < -0.3 is 0 Å². The lowest BCUT2D eigenvalue weighted by atomic mass is 9.65. The van der Waals surface area contributed by atoms with Crippen LogP contribution in [0.25, 0.3) is 0 Å². The number of nitro groups is 1. The summed E-state index contributed by atoms with van der Waals surface area (Å²) in [6.07, 6.45) is 1.10. The van der Waals surface area contributed by atoms with Gasteiger partial charge in [-0.05, 0) is 55.6 Å². The minimum atomic E-state index is -1.34. The number of nitro benzene ring substituents is 1. The van der Waals surface area contributed by atoms with Crippen molar-refractivity contribution in [2.45, 2.75) is 65.3 Å². The molecule has 42 heavy (non-hydrogen) atoms. The molecule has 3 aromatic carbocycles. The number of non-ortho nitro benzene ring substituents is 1. The van der Waals surface area contributed by atoms with E-state index in [0.29, 0.717) is 24.0 Å². The van der Waals surface area contributed by atoms with Crippen molar-refractivity contribution >= 4 is 23.3 Å². The van der Waals surface area contributed by atoms with E-state index in [9.17, 15) is 24.5 Å². The van der Waals surface area contributed by atoms with Crippen LogP contribution < -0.4 is 0 Å². The number of ketones is 1. The number of rotatable bonds is 8. The van der Waals surface area contributed by atoms with Crippen LogP contribution in [0.4, 0.5) is 5.69 Å². The Hall–Kier alpha value is -4.13. The standard InChI is InChI=1S/C35H38N2O5/c1-33(2,3)22-34(4,5)36-31(39)28-20-27(24-12-8-6-9-13-24)29(30(38)25-14-10-7-11-15-25)35(28,32(36)40)21-23-16-18-26(19-17-23)37(41)42/h6-19,27-29H,20-22H2,1-5H3/t27-,28-,29+,35+/m1/s1. The maximum absolute atomic E-state index is 15.0. The summed E-state index contributed by atoms with van der Waals surface area (Å²) in [7, 11) is 0. The van der Waals surface area contributed by atoms with E-state index in [1.54, 1.807) is 36.4 Å². The molecule has 3 aromatic rings. The summed E-state index contributed by atoms with van der Waals surface area (Å²) in [6, 6.07) is 24.8. The first-order valence-corrected chi connectivity index (χ1v) is 14.5. The van der Waals surface area contributed by atoms with Crippen molar-refractivity contribution in [3.63, 3.8) is 0 Å². The van der Waals surface area contributed by atoms with Crippen LogP contribution >= 0.6 is 0 Å². The molecular formula is C35H38N2O5. The monoisotopic (exact) mass is 566 g/mol. The first-order chi connectivity index (χ1) is 19.8. The van der Waals surface area contributed by atoms with E-state index in [1.165, 1.54) is 17.0 Å². The van der Waals surface area contributed by atoms with Crippen LogP contribution in [0.2, 0.25) is 0 Å². The van der Waals surface area contributed by atoms with Crippen molar-refractivity contribution in [1.82, 2.24) is 4.90 Å². The zero-order valence-electron chi connectivity index (χ0n) is 24.9. The number of hydrogen-bond donors (Lipinski definition) is 0. The third kappa shape index (κ3) is 5.06. The largest absolute Gasteiger partial charge is 0.294 e. The quantitative estimate of drug-likeness (QED) is 0.126. The fourth-order valence-electron chi connectivity index (χ4n) is 7.80. The van der Waals surface area contributed by atoms with E-state index in [-0.39, 0.29) is 41.0 Å². The molecule has 0 bridgehead atoms. The number of fused-ring (bicyclic) bond motifs is 1. The van der Waals surface area contributed by atoms with Gasteiger partial charge in [-0.3, -0.25) is 29.4 Å². The zero-order valence-corrected chi connectivity index (χ0v) is 24.9. The molecule has 1 aliphatic carbocycles. The second kappa shape index (κ2) is 10.6. The fraction of sp³-hybridized carbons (Fsp3) is 0.400. The summed E-state index contributed by atoms with van der Waals surface area (Å²) >= 11 is 0. The number of carbonyl (C=O) groups excluding carboxylic acids is 3. The second-order valence-corrected chi connectivity index (χ2v) is 13.7. The van der Waals surface area contributed by atoms with Crippen molar-refractivity contribution in [2.24, 2.45) is 22.7 Å². The zero-order chi connectivity index (χ0) is 30.4. The Morgan fingerprint density at radius 1 is 0.905 bits per heavy atom. The Balaban J connectivity index is 1.71. The van der Waals surface area contributed by atoms with Crippen LogP contribution in [0.5, 0.6) is 0 Å². The summed E-state index contributed by atoms with van der Waals surface area (Å²) < 4.78 is 0. The van der Waals surface area contributed by atoms with Gasteiger partial charge in [0.2, 0.25) is 11.8 Å². The number of benzene rings is 3. The SMILES string of the molecule is CC(C)(C)CC(C)(C)N1C(=O)[C@H]2C[C@H](c3ccccc3)[C@@H](C(=O)c3ccccc3)[C@@]2(Cc2ccc([N+](=O)[O-])cc2)C1=O. The minimum absolute atomic E-state index is 0.0555. The molecule has 7 heteroatoms. The van der Waals surface area contributed by atoms with E-state index in [4.69, 9.17) is 0 Å². The van der Waals surface area contributed by atoms with Crippen molar-refractivity contribution < 1.29 is 19.3 Å². The average molecular weight is 567 g/mol. The lowest BCUT2D eigenvalue weighted by Crippen LogP contribution is -2.53. The third-order valence-electron chi connectivity index (χ3n) is 8.97. The molecule has 0 N–H and O–H groups in total. The van der Waals surface area contributed by atoms with Crippen LogP contribution in [0.1, 0.15) is 74.9 Å². The number of Topliss-reactive ketones (excluding diaryl/α,β-unsaturated/α-hetero) is 1. The molecule has 4 atom stereocenters. The van der Waals surface area contributed by atoms with Crippen LogP contribution in [-0.4, -0.2) is 33.0 Å². The Morgan fingerprint density at radius 3 is 2.02 bits per heavy atom. The number of imide groups is 1. The van der Waals surface area contributed by atoms with Gasteiger partial charge in [0, 0.05) is 29.2 Å². The van der Waals surface area contributed by atoms with Crippen molar-refractivity contribution in [3.05, 3.63) is 112 Å². The Morgan fingerprint density at radius 2 is 1.48 bits per heavy atom. The fourth-order valence-corrected chi connectivity index (χ4v) is 7.80. The van der Waals surface area contributed by atoms with Crippen LogP contribution in [0, 0.1) is 32.8 Å². The third-order valence-corrected chi connectivity index (χ3v) is 8.97. The number of nitrogens with zero attached hydrogens (tertiary/aromatic N) is 2.